The smallest absolute Gasteiger partial charge is 0.0418 e. The minimum Gasteiger partial charge on any atom is -0.120 e. The van der Waals surface area contributed by atoms with E-state index >= 15 is 0 Å². The second-order valence-electron chi connectivity index (χ2n) is 3.19. The van der Waals surface area contributed by atoms with E-state index in [0.717, 1.165) is 5.92 Å². The minimum absolute atomic E-state index is 0.0677. The van der Waals surface area contributed by atoms with E-state index in [1.54, 1.807) is 0 Å². The van der Waals surface area contributed by atoms with Crippen LogP contribution in [0.3, 0.4) is 0 Å². The first-order valence-corrected chi connectivity index (χ1v) is 3.67. The van der Waals surface area contributed by atoms with Gasteiger partial charge in [-0.1, -0.05) is 6.42 Å². The molecule has 1 fully saturated rings. The molecule has 1 heteroatoms. The van der Waals surface area contributed by atoms with Crippen molar-refractivity contribution in [3.8, 4) is 0 Å². The number of hydrogen-bond acceptors (Lipinski definition) is 0. The predicted octanol–water partition coefficient (Wildman–Crippen LogP) is 2.80. The van der Waals surface area contributed by atoms with Crippen molar-refractivity contribution in [3.05, 3.63) is 0 Å². The maximum Gasteiger partial charge on any atom is 0.0418 e. The topological polar surface area (TPSA) is 0 Å². The van der Waals surface area contributed by atoms with Crippen molar-refractivity contribution in [1.29, 1.82) is 0 Å². The van der Waals surface area contributed by atoms with Crippen LogP contribution in [0.1, 0.15) is 33.1 Å². The Labute approximate surface area is 56.2 Å². The molecule has 0 N–H and O–H groups in total. The Bertz CT molecular complexity index is 76.9. The van der Waals surface area contributed by atoms with E-state index in [9.17, 15) is 0 Å². The summed E-state index contributed by atoms with van der Waals surface area (Å²) in [6.07, 6.45) is 4.08. The van der Waals surface area contributed by atoms with Crippen LogP contribution in [0.2, 0.25) is 0 Å². The second-order valence-corrected chi connectivity index (χ2v) is 4.17. The van der Waals surface area contributed by atoms with Crippen molar-refractivity contribution in [2.75, 3.05) is 0 Å². The monoisotopic (exact) mass is 132 g/mol. The van der Waals surface area contributed by atoms with Crippen molar-refractivity contribution < 1.29 is 0 Å². The van der Waals surface area contributed by atoms with Crippen LogP contribution in [0.15, 0.2) is 0 Å². The molecule has 1 rings (SSSR count). The molecule has 0 aromatic heterocycles. The van der Waals surface area contributed by atoms with Gasteiger partial charge >= 0.3 is 0 Å². The van der Waals surface area contributed by atoms with Crippen molar-refractivity contribution in [3.63, 3.8) is 0 Å². The largest absolute Gasteiger partial charge is 0.120 e. The standard InChI is InChI=1S/C7H13Cl/c1-7(2,8)6-4-3-5-6/h6H,3-5H2,1-2H3. The summed E-state index contributed by atoms with van der Waals surface area (Å²) < 4.78 is 0. The molecule has 0 saturated heterocycles. The first kappa shape index (κ1) is 6.41. The Morgan fingerprint density at radius 2 is 1.88 bits per heavy atom. The van der Waals surface area contributed by atoms with Crippen LogP contribution in [0.25, 0.3) is 0 Å². The van der Waals surface area contributed by atoms with Gasteiger partial charge in [0.25, 0.3) is 0 Å². The normalized spacial score (nSPS) is 22.9. The molecule has 0 spiro atoms. The Kier molecular flexibility index (Phi) is 1.53. The fourth-order valence-electron chi connectivity index (χ4n) is 1.09. The Morgan fingerprint density at radius 3 is 1.88 bits per heavy atom. The van der Waals surface area contributed by atoms with E-state index in [1.165, 1.54) is 19.3 Å². The van der Waals surface area contributed by atoms with E-state index in [4.69, 9.17) is 11.6 Å². The fraction of sp³-hybridized carbons (Fsp3) is 1.00. The van der Waals surface area contributed by atoms with E-state index < -0.39 is 0 Å². The highest BCUT2D eigenvalue weighted by Crippen LogP contribution is 2.39. The lowest BCUT2D eigenvalue weighted by molar-refractivity contribution is 0.255. The first-order valence-electron chi connectivity index (χ1n) is 3.29. The lowest BCUT2D eigenvalue weighted by Crippen LogP contribution is -2.30. The summed E-state index contributed by atoms with van der Waals surface area (Å²) in [5.74, 6) is 0.796. The van der Waals surface area contributed by atoms with Gasteiger partial charge in [-0.3, -0.25) is 0 Å². The molecule has 0 unspecified atom stereocenters. The molecular formula is C7H13Cl. The zero-order valence-electron chi connectivity index (χ0n) is 5.58. The van der Waals surface area contributed by atoms with Gasteiger partial charge in [-0.15, -0.1) is 11.6 Å². The van der Waals surface area contributed by atoms with E-state index in [1.807, 2.05) is 0 Å². The number of hydrogen-bond donors (Lipinski definition) is 0. The molecule has 0 aromatic carbocycles. The van der Waals surface area contributed by atoms with Crippen molar-refractivity contribution in [2.45, 2.75) is 38.0 Å². The third-order valence-corrected chi connectivity index (χ3v) is 2.38. The molecule has 8 heavy (non-hydrogen) atoms. The lowest BCUT2D eigenvalue weighted by Gasteiger charge is -2.35. The van der Waals surface area contributed by atoms with Gasteiger partial charge < -0.3 is 0 Å². The average Bonchev–Trinajstić information content (AvgIpc) is 1.16. The fourth-order valence-corrected chi connectivity index (χ4v) is 1.31. The van der Waals surface area contributed by atoms with Crippen LogP contribution in [0.5, 0.6) is 0 Å². The van der Waals surface area contributed by atoms with Crippen LogP contribution < -0.4 is 0 Å². The van der Waals surface area contributed by atoms with Gasteiger partial charge in [0.1, 0.15) is 0 Å². The van der Waals surface area contributed by atoms with Gasteiger partial charge in [0, 0.05) is 4.87 Å². The summed E-state index contributed by atoms with van der Waals surface area (Å²) in [6.45, 7) is 4.22. The number of halogens is 1. The Hall–Kier alpha value is 0.290. The summed E-state index contributed by atoms with van der Waals surface area (Å²) in [5.41, 5.74) is 0. The highest BCUT2D eigenvalue weighted by molar-refractivity contribution is 6.23. The zero-order chi connectivity index (χ0) is 6.20. The van der Waals surface area contributed by atoms with Crippen LogP contribution in [0.4, 0.5) is 0 Å². The molecular weight excluding hydrogens is 120 g/mol. The van der Waals surface area contributed by atoms with E-state index in [2.05, 4.69) is 13.8 Å². The molecule has 48 valence electrons. The van der Waals surface area contributed by atoms with Gasteiger partial charge in [-0.2, -0.15) is 0 Å². The molecule has 0 heterocycles. The van der Waals surface area contributed by atoms with Crippen LogP contribution in [-0.2, 0) is 0 Å². The van der Waals surface area contributed by atoms with Gasteiger partial charge in [0.05, 0.1) is 0 Å². The Morgan fingerprint density at radius 1 is 1.38 bits per heavy atom. The van der Waals surface area contributed by atoms with Crippen molar-refractivity contribution in [2.24, 2.45) is 5.92 Å². The molecule has 0 aliphatic heterocycles. The van der Waals surface area contributed by atoms with Crippen LogP contribution in [-0.4, -0.2) is 4.87 Å². The Balaban J connectivity index is 2.34. The van der Waals surface area contributed by atoms with Gasteiger partial charge in [0.15, 0.2) is 0 Å². The maximum atomic E-state index is 6.03. The number of rotatable bonds is 1. The molecule has 0 radical (unpaired) electrons. The second kappa shape index (κ2) is 1.91. The zero-order valence-corrected chi connectivity index (χ0v) is 6.33. The van der Waals surface area contributed by atoms with E-state index in [-0.39, 0.29) is 4.87 Å². The summed E-state index contributed by atoms with van der Waals surface area (Å²) in [5, 5.41) is 0. The minimum atomic E-state index is 0.0677. The summed E-state index contributed by atoms with van der Waals surface area (Å²) in [7, 11) is 0. The maximum absolute atomic E-state index is 6.03. The lowest BCUT2D eigenvalue weighted by atomic mass is 9.77. The summed E-state index contributed by atoms with van der Waals surface area (Å²) in [4.78, 5) is 0.0677. The van der Waals surface area contributed by atoms with Crippen molar-refractivity contribution in [1.82, 2.24) is 0 Å². The molecule has 1 aliphatic rings. The quantitative estimate of drug-likeness (QED) is 0.482. The molecule has 0 atom stereocenters. The highest BCUT2D eigenvalue weighted by Gasteiger charge is 2.31. The van der Waals surface area contributed by atoms with E-state index in [0.29, 0.717) is 0 Å². The van der Waals surface area contributed by atoms with Gasteiger partial charge in [-0.05, 0) is 32.6 Å². The first-order chi connectivity index (χ1) is 3.61. The van der Waals surface area contributed by atoms with Gasteiger partial charge in [-0.25, -0.2) is 0 Å². The molecule has 0 amide bonds. The van der Waals surface area contributed by atoms with Crippen LogP contribution >= 0.6 is 11.6 Å². The molecule has 0 bridgehead atoms. The third-order valence-electron chi connectivity index (χ3n) is 2.08. The molecule has 0 aromatic rings. The molecule has 1 aliphatic carbocycles. The molecule has 1 saturated carbocycles. The third kappa shape index (κ3) is 1.17. The van der Waals surface area contributed by atoms with Gasteiger partial charge in [0.2, 0.25) is 0 Å². The number of alkyl halides is 1. The SMILES string of the molecule is CC(C)(Cl)C1CCC1. The summed E-state index contributed by atoms with van der Waals surface area (Å²) >= 11 is 6.03. The van der Waals surface area contributed by atoms with Crippen molar-refractivity contribution >= 4 is 11.6 Å². The van der Waals surface area contributed by atoms with Crippen LogP contribution in [0, 0.1) is 5.92 Å². The summed E-state index contributed by atoms with van der Waals surface area (Å²) in [6, 6.07) is 0. The predicted molar refractivity (Wildman–Crippen MR) is 37.3 cm³/mol. The molecule has 0 nitrogen and oxygen atoms in total. The highest BCUT2D eigenvalue weighted by atomic mass is 35.5. The average molecular weight is 133 g/mol.